The fourth-order valence-corrected chi connectivity index (χ4v) is 2.03. The molecule has 0 aromatic heterocycles. The van der Waals surface area contributed by atoms with Gasteiger partial charge in [0.25, 0.3) is 0 Å². The molecule has 1 nitrogen and oxygen atoms in total. The van der Waals surface area contributed by atoms with Crippen LogP contribution in [0.2, 0.25) is 0 Å². The predicted molar refractivity (Wildman–Crippen MR) is 81.8 cm³/mol. The lowest BCUT2D eigenvalue weighted by Gasteiger charge is -2.07. The molecule has 0 amide bonds. The Morgan fingerprint density at radius 3 is 2.50 bits per heavy atom. The topological polar surface area (TPSA) is 20.2 Å². The molecule has 0 spiro atoms. The number of allylic oxidation sites excluding steroid dienone is 3. The maximum atomic E-state index is 9.87. The van der Waals surface area contributed by atoms with Crippen molar-refractivity contribution in [1.29, 1.82) is 0 Å². The monoisotopic (exact) mass is 252 g/mol. The Hall–Kier alpha value is -0.560. The third-order valence-corrected chi connectivity index (χ3v) is 3.17. The summed E-state index contributed by atoms with van der Waals surface area (Å²) in [6.07, 6.45) is 16.8. The zero-order valence-corrected chi connectivity index (χ0v) is 12.6. The summed E-state index contributed by atoms with van der Waals surface area (Å²) in [5, 5.41) is 9.87. The summed E-state index contributed by atoms with van der Waals surface area (Å²) in [7, 11) is 0. The van der Waals surface area contributed by atoms with Gasteiger partial charge < -0.3 is 5.11 Å². The molecule has 1 N–H and O–H groups in total. The van der Waals surface area contributed by atoms with Gasteiger partial charge in [-0.05, 0) is 45.4 Å². The van der Waals surface area contributed by atoms with E-state index in [1.54, 1.807) is 0 Å². The van der Waals surface area contributed by atoms with Crippen LogP contribution in [-0.2, 0) is 0 Å². The van der Waals surface area contributed by atoms with E-state index >= 15 is 0 Å². The van der Waals surface area contributed by atoms with Crippen molar-refractivity contribution in [3.63, 3.8) is 0 Å². The first-order valence-electron chi connectivity index (χ1n) is 7.71. The van der Waals surface area contributed by atoms with E-state index in [1.165, 1.54) is 37.7 Å². The first-order chi connectivity index (χ1) is 8.70. The summed E-state index contributed by atoms with van der Waals surface area (Å²) >= 11 is 0. The van der Waals surface area contributed by atoms with Crippen molar-refractivity contribution in [2.75, 3.05) is 0 Å². The molecule has 0 rings (SSSR count). The quantitative estimate of drug-likeness (QED) is 0.385. The van der Waals surface area contributed by atoms with Crippen LogP contribution >= 0.6 is 0 Å². The van der Waals surface area contributed by atoms with Crippen molar-refractivity contribution < 1.29 is 5.11 Å². The van der Waals surface area contributed by atoms with E-state index in [0.717, 1.165) is 25.7 Å². The summed E-state index contributed by atoms with van der Waals surface area (Å²) in [4.78, 5) is 0. The zero-order chi connectivity index (χ0) is 13.6. The van der Waals surface area contributed by atoms with E-state index in [4.69, 9.17) is 0 Å². The number of hydrogen-bond donors (Lipinski definition) is 1. The minimum atomic E-state index is -0.229. The number of aliphatic hydroxyl groups is 1. The highest BCUT2D eigenvalue weighted by atomic mass is 16.3. The van der Waals surface area contributed by atoms with E-state index in [0.29, 0.717) is 0 Å². The Bertz CT molecular complexity index is 228. The van der Waals surface area contributed by atoms with Crippen molar-refractivity contribution in [1.82, 2.24) is 0 Å². The molecule has 0 fully saturated rings. The number of aliphatic hydroxyl groups excluding tert-OH is 1. The lowest BCUT2D eigenvalue weighted by Crippen LogP contribution is -2.03. The molecular weight excluding hydrogens is 220 g/mol. The SMILES string of the molecule is CC/C=C/CCCCCC(O)/C=C(\C)CCCC. The van der Waals surface area contributed by atoms with Gasteiger partial charge in [0.05, 0.1) is 6.10 Å². The summed E-state index contributed by atoms with van der Waals surface area (Å²) < 4.78 is 0. The minimum Gasteiger partial charge on any atom is -0.389 e. The zero-order valence-electron chi connectivity index (χ0n) is 12.6. The molecule has 1 unspecified atom stereocenters. The standard InChI is InChI=1S/C17H32O/c1-4-6-8-9-10-11-12-14-17(18)15-16(3)13-7-5-2/h6,8,15,17-18H,4-5,7,9-14H2,1-3H3/b8-6+,16-15+. The van der Waals surface area contributed by atoms with Crippen LogP contribution < -0.4 is 0 Å². The number of hydrogen-bond acceptors (Lipinski definition) is 1. The summed E-state index contributed by atoms with van der Waals surface area (Å²) in [6, 6.07) is 0. The second-order valence-corrected chi connectivity index (χ2v) is 5.20. The van der Waals surface area contributed by atoms with Gasteiger partial charge in [-0.2, -0.15) is 0 Å². The number of rotatable bonds is 11. The average molecular weight is 252 g/mol. The molecule has 0 aromatic carbocycles. The Labute approximate surface area is 114 Å². The van der Waals surface area contributed by atoms with E-state index in [9.17, 15) is 5.11 Å². The average Bonchev–Trinajstić information content (AvgIpc) is 2.35. The predicted octanol–water partition coefficient (Wildman–Crippen LogP) is 5.40. The van der Waals surface area contributed by atoms with Crippen LogP contribution in [-0.4, -0.2) is 11.2 Å². The van der Waals surface area contributed by atoms with Crippen molar-refractivity contribution in [3.05, 3.63) is 23.8 Å². The van der Waals surface area contributed by atoms with Gasteiger partial charge in [-0.1, -0.05) is 56.9 Å². The van der Waals surface area contributed by atoms with Crippen LogP contribution in [0, 0.1) is 0 Å². The first kappa shape index (κ1) is 17.4. The van der Waals surface area contributed by atoms with E-state index < -0.39 is 0 Å². The Kier molecular flexibility index (Phi) is 12.5. The highest BCUT2D eigenvalue weighted by Gasteiger charge is 2.00. The Morgan fingerprint density at radius 2 is 1.83 bits per heavy atom. The molecule has 0 aliphatic heterocycles. The van der Waals surface area contributed by atoms with E-state index in [2.05, 4.69) is 32.9 Å². The lowest BCUT2D eigenvalue weighted by molar-refractivity contribution is 0.207. The van der Waals surface area contributed by atoms with Crippen molar-refractivity contribution >= 4 is 0 Å². The van der Waals surface area contributed by atoms with Gasteiger partial charge in [0.1, 0.15) is 0 Å². The Morgan fingerprint density at radius 1 is 1.06 bits per heavy atom. The van der Waals surface area contributed by atoms with Gasteiger partial charge >= 0.3 is 0 Å². The normalized spacial score (nSPS) is 14.3. The summed E-state index contributed by atoms with van der Waals surface area (Å²) in [6.45, 7) is 6.51. The van der Waals surface area contributed by atoms with Gasteiger partial charge in [0.2, 0.25) is 0 Å². The second-order valence-electron chi connectivity index (χ2n) is 5.20. The third kappa shape index (κ3) is 11.9. The fourth-order valence-electron chi connectivity index (χ4n) is 2.03. The highest BCUT2D eigenvalue weighted by Crippen LogP contribution is 2.11. The molecule has 0 saturated heterocycles. The molecular formula is C17H32O. The van der Waals surface area contributed by atoms with Crippen LogP contribution in [0.3, 0.4) is 0 Å². The molecule has 106 valence electrons. The second kappa shape index (κ2) is 12.9. The molecule has 0 aliphatic rings. The van der Waals surface area contributed by atoms with Gasteiger partial charge in [0, 0.05) is 0 Å². The van der Waals surface area contributed by atoms with Crippen LogP contribution in [0.1, 0.15) is 78.6 Å². The van der Waals surface area contributed by atoms with E-state index in [1.807, 2.05) is 6.08 Å². The smallest absolute Gasteiger partial charge is 0.0723 e. The molecule has 0 bridgehead atoms. The molecule has 0 radical (unpaired) electrons. The van der Waals surface area contributed by atoms with Gasteiger partial charge in [-0.25, -0.2) is 0 Å². The molecule has 1 atom stereocenters. The van der Waals surface area contributed by atoms with Gasteiger partial charge in [0.15, 0.2) is 0 Å². The number of unbranched alkanes of at least 4 members (excludes halogenated alkanes) is 4. The fraction of sp³-hybridized carbons (Fsp3) is 0.765. The van der Waals surface area contributed by atoms with Crippen molar-refractivity contribution in [3.8, 4) is 0 Å². The van der Waals surface area contributed by atoms with E-state index in [-0.39, 0.29) is 6.10 Å². The minimum absolute atomic E-state index is 0.229. The highest BCUT2D eigenvalue weighted by molar-refractivity contribution is 5.01. The lowest BCUT2D eigenvalue weighted by atomic mass is 10.0. The molecule has 1 heteroatoms. The van der Waals surface area contributed by atoms with Gasteiger partial charge in [-0.15, -0.1) is 0 Å². The molecule has 0 aliphatic carbocycles. The molecule has 0 heterocycles. The third-order valence-electron chi connectivity index (χ3n) is 3.17. The van der Waals surface area contributed by atoms with Crippen molar-refractivity contribution in [2.45, 2.75) is 84.7 Å². The first-order valence-corrected chi connectivity index (χ1v) is 7.71. The molecule has 0 aromatic rings. The Balaban J connectivity index is 3.52. The molecule has 18 heavy (non-hydrogen) atoms. The largest absolute Gasteiger partial charge is 0.389 e. The maximum absolute atomic E-state index is 9.87. The maximum Gasteiger partial charge on any atom is 0.0723 e. The van der Waals surface area contributed by atoms with Crippen LogP contribution in [0.4, 0.5) is 0 Å². The molecule has 0 saturated carbocycles. The van der Waals surface area contributed by atoms with Crippen LogP contribution in [0.25, 0.3) is 0 Å². The van der Waals surface area contributed by atoms with Gasteiger partial charge in [-0.3, -0.25) is 0 Å². The summed E-state index contributed by atoms with van der Waals surface area (Å²) in [5.74, 6) is 0. The van der Waals surface area contributed by atoms with Crippen molar-refractivity contribution in [2.24, 2.45) is 0 Å². The van der Waals surface area contributed by atoms with Crippen LogP contribution in [0.5, 0.6) is 0 Å². The van der Waals surface area contributed by atoms with Crippen LogP contribution in [0.15, 0.2) is 23.8 Å². The summed E-state index contributed by atoms with van der Waals surface area (Å²) in [5.41, 5.74) is 1.34.